The molecule has 0 saturated heterocycles. The van der Waals surface area contributed by atoms with E-state index in [1.807, 2.05) is 25.7 Å². The average Bonchev–Trinajstić information content (AvgIpc) is 2.78. The Labute approximate surface area is 219 Å². The minimum absolute atomic E-state index is 0.0309. The second kappa shape index (κ2) is 9.03. The number of fused-ring (bicyclic) bond motifs is 3. The van der Waals surface area contributed by atoms with Crippen molar-refractivity contribution in [2.24, 2.45) is 29.4 Å². The van der Waals surface area contributed by atoms with E-state index in [1.165, 1.54) is 19.0 Å². The van der Waals surface area contributed by atoms with Crippen molar-refractivity contribution in [2.45, 2.75) is 57.3 Å². The number of hydrogen-bond acceptors (Lipinski definition) is 9. The summed E-state index contributed by atoms with van der Waals surface area (Å²) in [5.74, 6) is -12.3. The number of likely N-dealkylation sites (N-methyl/N-ethyl adjacent to an activating group) is 1. The molecule has 3 aliphatic carbocycles. The van der Waals surface area contributed by atoms with Gasteiger partial charge in [0.05, 0.1) is 17.5 Å². The van der Waals surface area contributed by atoms with E-state index in [0.29, 0.717) is 0 Å². The third-order valence-corrected chi connectivity index (χ3v) is 8.62. The molecule has 11 heteroatoms. The first kappa shape index (κ1) is 28.0. The van der Waals surface area contributed by atoms with Crippen LogP contribution < -0.4 is 5.73 Å². The standard InChI is InChI=1S/C27H34FN3O7/c1-26(2,3)31(6)10-12-9-15(32)17-13(19(12)28)7-11-8-14-20(30(4)5)22(34)18(25(29)37)24(36)27(14,38)23(35)16(11)21(17)33/h9,11,14,16,18,20,32,38H,7-8,10H2,1-6H3,(H2,29,37)/t11-,14-,16?,18?,20-,27-/m0/s1. The molecule has 0 radical (unpaired) electrons. The second-order valence-electron chi connectivity index (χ2n) is 12.0. The number of ketones is 4. The van der Waals surface area contributed by atoms with Gasteiger partial charge in [-0.25, -0.2) is 4.39 Å². The maximum absolute atomic E-state index is 15.8. The summed E-state index contributed by atoms with van der Waals surface area (Å²) in [6.45, 7) is 5.99. The predicted octanol–water partition coefficient (Wildman–Crippen LogP) is 0.236. The summed E-state index contributed by atoms with van der Waals surface area (Å²) in [5.41, 5.74) is 2.00. The lowest BCUT2D eigenvalue weighted by Crippen LogP contribution is -2.74. The molecule has 0 aliphatic heterocycles. The van der Waals surface area contributed by atoms with Crippen molar-refractivity contribution in [1.29, 1.82) is 0 Å². The monoisotopic (exact) mass is 531 g/mol. The molecule has 206 valence electrons. The Hall–Kier alpha value is -3.02. The number of nitrogens with zero attached hydrogens (tertiary/aromatic N) is 2. The fourth-order valence-corrected chi connectivity index (χ4v) is 6.32. The zero-order valence-electron chi connectivity index (χ0n) is 22.4. The number of nitrogens with two attached hydrogens (primary N) is 1. The molecule has 0 bridgehead atoms. The molecule has 2 unspecified atom stereocenters. The summed E-state index contributed by atoms with van der Waals surface area (Å²) >= 11 is 0. The molecule has 0 aromatic heterocycles. The summed E-state index contributed by atoms with van der Waals surface area (Å²) in [6.07, 6.45) is -0.242. The van der Waals surface area contributed by atoms with Gasteiger partial charge in [-0.3, -0.25) is 33.8 Å². The number of carbonyl (C=O) groups is 5. The lowest BCUT2D eigenvalue weighted by Gasteiger charge is -2.52. The highest BCUT2D eigenvalue weighted by Crippen LogP contribution is 2.51. The molecule has 2 saturated carbocycles. The topological polar surface area (TPSA) is 158 Å². The summed E-state index contributed by atoms with van der Waals surface area (Å²) in [4.78, 5) is 69.0. The van der Waals surface area contributed by atoms with Crippen molar-refractivity contribution in [3.8, 4) is 5.75 Å². The molecule has 4 N–H and O–H groups in total. The van der Waals surface area contributed by atoms with E-state index >= 15 is 4.39 Å². The number of benzene rings is 1. The maximum Gasteiger partial charge on any atom is 0.235 e. The van der Waals surface area contributed by atoms with Crippen LogP contribution in [-0.4, -0.2) is 87.4 Å². The molecule has 1 amide bonds. The van der Waals surface area contributed by atoms with E-state index < -0.39 is 75.9 Å². The number of halogens is 1. The molecule has 38 heavy (non-hydrogen) atoms. The normalized spacial score (nSPS) is 31.4. The highest BCUT2D eigenvalue weighted by molar-refractivity contribution is 6.32. The van der Waals surface area contributed by atoms with Gasteiger partial charge in [-0.2, -0.15) is 0 Å². The minimum Gasteiger partial charge on any atom is -0.507 e. The van der Waals surface area contributed by atoms with Crippen LogP contribution in [0.2, 0.25) is 0 Å². The van der Waals surface area contributed by atoms with Crippen LogP contribution in [0.25, 0.3) is 0 Å². The van der Waals surface area contributed by atoms with Gasteiger partial charge in [0.25, 0.3) is 0 Å². The number of aliphatic hydroxyl groups is 1. The Bertz CT molecular complexity index is 1270. The van der Waals surface area contributed by atoms with Crippen molar-refractivity contribution in [3.63, 3.8) is 0 Å². The smallest absolute Gasteiger partial charge is 0.235 e. The summed E-state index contributed by atoms with van der Waals surface area (Å²) in [7, 11) is 4.81. The summed E-state index contributed by atoms with van der Waals surface area (Å²) in [6, 6.07) is -0.0451. The summed E-state index contributed by atoms with van der Waals surface area (Å²) in [5, 5.41) is 22.3. The van der Waals surface area contributed by atoms with Gasteiger partial charge in [0.1, 0.15) is 11.6 Å². The SMILES string of the molecule is CN(C)[C@@H]1C(=O)C(C(N)=O)C(=O)[C@@]2(O)C(=O)C3C(=O)c4c(O)cc(CN(C)C(C)(C)C)c(F)c4C[C@H]3C[C@@H]12. The molecule has 4 rings (SSSR count). The first-order chi connectivity index (χ1) is 17.4. The van der Waals surface area contributed by atoms with E-state index in [4.69, 9.17) is 5.73 Å². The van der Waals surface area contributed by atoms with E-state index in [0.717, 1.165) is 6.07 Å². The van der Waals surface area contributed by atoms with Crippen LogP contribution in [0.3, 0.4) is 0 Å². The largest absolute Gasteiger partial charge is 0.507 e. The van der Waals surface area contributed by atoms with Gasteiger partial charge in [0, 0.05) is 29.1 Å². The van der Waals surface area contributed by atoms with Crippen LogP contribution >= 0.6 is 0 Å². The van der Waals surface area contributed by atoms with Gasteiger partial charge in [-0.05, 0) is 66.7 Å². The quantitative estimate of drug-likeness (QED) is 0.463. The number of aromatic hydroxyl groups is 1. The molecule has 1 aromatic carbocycles. The van der Waals surface area contributed by atoms with Gasteiger partial charge < -0.3 is 15.9 Å². The third kappa shape index (κ3) is 3.90. The van der Waals surface area contributed by atoms with Gasteiger partial charge in [0.15, 0.2) is 34.7 Å². The minimum atomic E-state index is -2.81. The zero-order valence-corrected chi connectivity index (χ0v) is 22.4. The first-order valence-corrected chi connectivity index (χ1v) is 12.5. The highest BCUT2D eigenvalue weighted by atomic mass is 19.1. The Morgan fingerprint density at radius 2 is 1.76 bits per heavy atom. The molecule has 0 heterocycles. The van der Waals surface area contributed by atoms with E-state index in [9.17, 15) is 34.2 Å². The number of phenolic OH excluding ortho intramolecular Hbond substituents is 1. The molecule has 0 spiro atoms. The Morgan fingerprint density at radius 3 is 2.29 bits per heavy atom. The van der Waals surface area contributed by atoms with Crippen molar-refractivity contribution >= 4 is 29.0 Å². The van der Waals surface area contributed by atoms with Crippen LogP contribution in [0.5, 0.6) is 5.75 Å². The number of rotatable bonds is 4. The van der Waals surface area contributed by atoms with E-state index in [1.54, 1.807) is 7.05 Å². The van der Waals surface area contributed by atoms with Crippen molar-refractivity contribution < 1.29 is 38.6 Å². The van der Waals surface area contributed by atoms with Crippen molar-refractivity contribution in [2.75, 3.05) is 21.1 Å². The third-order valence-electron chi connectivity index (χ3n) is 8.62. The number of phenols is 1. The number of carbonyl (C=O) groups excluding carboxylic acids is 5. The molecule has 10 nitrogen and oxygen atoms in total. The molecule has 1 aromatic rings. The van der Waals surface area contributed by atoms with Crippen LogP contribution in [0.1, 0.15) is 48.7 Å². The van der Waals surface area contributed by atoms with Gasteiger partial charge >= 0.3 is 0 Å². The molecule has 3 aliphatic rings. The fraction of sp³-hybridized carbons (Fsp3) is 0.593. The fourth-order valence-electron chi connectivity index (χ4n) is 6.32. The number of Topliss-reactive ketones (excluding diaryl/α,β-unsaturated/α-hetero) is 4. The second-order valence-corrected chi connectivity index (χ2v) is 12.0. The van der Waals surface area contributed by atoms with Crippen molar-refractivity contribution in [3.05, 3.63) is 28.6 Å². The molecular weight excluding hydrogens is 497 g/mol. The van der Waals surface area contributed by atoms with Gasteiger partial charge in [0.2, 0.25) is 5.91 Å². The molecule has 2 fully saturated rings. The predicted molar refractivity (Wildman–Crippen MR) is 133 cm³/mol. The van der Waals surface area contributed by atoms with Crippen molar-refractivity contribution in [1.82, 2.24) is 9.80 Å². The van der Waals surface area contributed by atoms with Crippen LogP contribution in [-0.2, 0) is 32.1 Å². The van der Waals surface area contributed by atoms with Gasteiger partial charge in [-0.1, -0.05) is 0 Å². The Balaban J connectivity index is 1.82. The van der Waals surface area contributed by atoms with E-state index in [2.05, 4.69) is 0 Å². The lowest BCUT2D eigenvalue weighted by atomic mass is 9.52. The number of primary amides is 1. The number of amides is 1. The maximum atomic E-state index is 15.8. The summed E-state index contributed by atoms with van der Waals surface area (Å²) < 4.78 is 15.8. The van der Waals surface area contributed by atoms with E-state index in [-0.39, 0.29) is 41.6 Å². The van der Waals surface area contributed by atoms with Crippen LogP contribution in [0.15, 0.2) is 6.07 Å². The first-order valence-electron chi connectivity index (χ1n) is 12.5. The Morgan fingerprint density at radius 1 is 1.16 bits per heavy atom. The Kier molecular flexibility index (Phi) is 6.65. The number of hydrogen-bond donors (Lipinski definition) is 3. The van der Waals surface area contributed by atoms with Crippen LogP contribution in [0.4, 0.5) is 4.39 Å². The average molecular weight is 532 g/mol. The molecule has 6 atom stereocenters. The van der Waals surface area contributed by atoms with Crippen LogP contribution in [0, 0.1) is 29.5 Å². The highest BCUT2D eigenvalue weighted by Gasteiger charge is 2.69. The zero-order chi connectivity index (χ0) is 28.6. The molecular formula is C27H34FN3O7. The lowest BCUT2D eigenvalue weighted by molar-refractivity contribution is -0.181. The van der Waals surface area contributed by atoms with Gasteiger partial charge in [-0.15, -0.1) is 0 Å².